The van der Waals surface area contributed by atoms with E-state index in [0.29, 0.717) is 0 Å². The average molecular weight is 300 g/mol. The van der Waals surface area contributed by atoms with E-state index >= 15 is 0 Å². The van der Waals surface area contributed by atoms with Crippen molar-refractivity contribution in [1.82, 2.24) is 4.90 Å². The van der Waals surface area contributed by atoms with Crippen molar-refractivity contribution in [2.75, 3.05) is 12.3 Å². The molecule has 0 aromatic heterocycles. The first kappa shape index (κ1) is 13.6. The van der Waals surface area contributed by atoms with Gasteiger partial charge in [-0.2, -0.15) is 4.99 Å². The normalized spacial score (nSPS) is 19.2. The number of aliphatic imine (C=N–C) groups is 1. The van der Waals surface area contributed by atoms with Gasteiger partial charge in [0.2, 0.25) is 0 Å². The second kappa shape index (κ2) is 5.91. The minimum atomic E-state index is 0.188. The fourth-order valence-electron chi connectivity index (χ4n) is 1.89. The Hall–Kier alpha value is -0.780. The molecule has 0 aliphatic carbocycles. The summed E-state index contributed by atoms with van der Waals surface area (Å²) in [5, 5.41) is 1.84. The maximum Gasteiger partial charge on any atom is 0.192 e. The summed E-state index contributed by atoms with van der Waals surface area (Å²) in [6.07, 6.45) is 0. The Morgan fingerprint density at radius 3 is 2.78 bits per heavy atom. The molecule has 1 aliphatic heterocycles. The summed E-state index contributed by atoms with van der Waals surface area (Å²) in [5.41, 5.74) is 6.69. The molecule has 0 bridgehead atoms. The van der Waals surface area contributed by atoms with Crippen LogP contribution in [0.2, 0.25) is 5.02 Å². The van der Waals surface area contributed by atoms with Gasteiger partial charge in [0.1, 0.15) is 0 Å². The predicted octanol–water partition coefficient (Wildman–Crippen LogP) is 3.05. The highest BCUT2D eigenvalue weighted by Gasteiger charge is 2.25. The molecule has 6 heteroatoms. The number of rotatable bonds is 2. The molecule has 1 aliphatic rings. The van der Waals surface area contributed by atoms with Gasteiger partial charge in [-0.1, -0.05) is 35.5 Å². The number of hydrogen-bond acceptors (Lipinski definition) is 2. The van der Waals surface area contributed by atoms with Crippen molar-refractivity contribution in [2.24, 2.45) is 10.7 Å². The molecule has 0 radical (unpaired) electrons. The third-order valence-corrected chi connectivity index (χ3v) is 4.15. The molecule has 3 nitrogen and oxygen atoms in total. The van der Waals surface area contributed by atoms with Gasteiger partial charge in [0, 0.05) is 17.3 Å². The SMILES string of the molecule is CC(c1ccc(Cl)cc1)N1CCSC1=NC(N)=S. The minimum absolute atomic E-state index is 0.188. The quantitative estimate of drug-likeness (QED) is 0.852. The fourth-order valence-corrected chi connectivity index (χ4v) is 3.20. The molecule has 1 saturated heterocycles. The van der Waals surface area contributed by atoms with E-state index in [1.807, 2.05) is 24.3 Å². The van der Waals surface area contributed by atoms with Gasteiger partial charge < -0.3 is 10.6 Å². The third kappa shape index (κ3) is 3.16. The summed E-state index contributed by atoms with van der Waals surface area (Å²) in [6, 6.07) is 8.12. The van der Waals surface area contributed by atoms with Crippen molar-refractivity contribution in [3.63, 3.8) is 0 Å². The summed E-state index contributed by atoms with van der Waals surface area (Å²) in [6.45, 7) is 3.10. The molecule has 1 fully saturated rings. The van der Waals surface area contributed by atoms with Crippen molar-refractivity contribution in [3.05, 3.63) is 34.9 Å². The van der Waals surface area contributed by atoms with Crippen molar-refractivity contribution in [1.29, 1.82) is 0 Å². The molecule has 0 spiro atoms. The van der Waals surface area contributed by atoms with E-state index < -0.39 is 0 Å². The molecular formula is C12H14ClN3S2. The Morgan fingerprint density at radius 1 is 1.50 bits per heavy atom. The average Bonchev–Trinajstić information content (AvgIpc) is 2.76. The molecule has 1 unspecified atom stereocenters. The van der Waals surface area contributed by atoms with Crippen LogP contribution < -0.4 is 5.73 Å². The Kier molecular flexibility index (Phi) is 4.48. The summed E-state index contributed by atoms with van der Waals surface area (Å²) in [4.78, 5) is 6.43. The van der Waals surface area contributed by atoms with Crippen molar-refractivity contribution in [3.8, 4) is 0 Å². The van der Waals surface area contributed by atoms with E-state index in [9.17, 15) is 0 Å². The second-order valence-electron chi connectivity index (χ2n) is 4.00. The number of nitrogens with two attached hydrogens (primary N) is 1. The van der Waals surface area contributed by atoms with Crippen LogP contribution in [0.3, 0.4) is 0 Å². The first-order valence-electron chi connectivity index (χ1n) is 5.61. The van der Waals surface area contributed by atoms with Crippen molar-refractivity contribution < 1.29 is 0 Å². The topological polar surface area (TPSA) is 41.6 Å². The number of thioether (sulfide) groups is 1. The number of halogens is 1. The van der Waals surface area contributed by atoms with Gasteiger partial charge in [0.15, 0.2) is 10.3 Å². The third-order valence-electron chi connectivity index (χ3n) is 2.83. The zero-order valence-corrected chi connectivity index (χ0v) is 12.4. The Bertz CT molecular complexity index is 473. The Labute approximate surface area is 121 Å². The van der Waals surface area contributed by atoms with Crippen LogP contribution in [0.5, 0.6) is 0 Å². The number of benzene rings is 1. The smallest absolute Gasteiger partial charge is 0.192 e. The lowest BCUT2D eigenvalue weighted by Crippen LogP contribution is -2.29. The number of hydrogen-bond donors (Lipinski definition) is 1. The van der Waals surface area contributed by atoms with Crippen LogP contribution in [-0.4, -0.2) is 27.5 Å². The van der Waals surface area contributed by atoms with Gasteiger partial charge >= 0.3 is 0 Å². The van der Waals surface area contributed by atoms with E-state index in [1.54, 1.807) is 11.8 Å². The van der Waals surface area contributed by atoms with Gasteiger partial charge in [0.05, 0.1) is 6.04 Å². The monoisotopic (exact) mass is 299 g/mol. The summed E-state index contributed by atoms with van der Waals surface area (Å²) in [5.74, 6) is 1.01. The molecule has 1 heterocycles. The summed E-state index contributed by atoms with van der Waals surface area (Å²) < 4.78 is 0. The van der Waals surface area contributed by atoms with Gasteiger partial charge in [-0.25, -0.2) is 0 Å². The highest BCUT2D eigenvalue weighted by atomic mass is 35.5. The van der Waals surface area contributed by atoms with Crippen LogP contribution in [-0.2, 0) is 0 Å². The first-order valence-corrected chi connectivity index (χ1v) is 7.38. The van der Waals surface area contributed by atoms with Crippen LogP contribution in [0.4, 0.5) is 0 Å². The minimum Gasteiger partial charge on any atom is -0.374 e. The molecule has 1 atom stereocenters. The molecule has 96 valence electrons. The molecular weight excluding hydrogens is 286 g/mol. The van der Waals surface area contributed by atoms with Crippen LogP contribution in [0, 0.1) is 0 Å². The maximum absolute atomic E-state index is 5.90. The Balaban J connectivity index is 2.20. The summed E-state index contributed by atoms with van der Waals surface area (Å²) >= 11 is 12.4. The molecule has 2 N–H and O–H groups in total. The molecule has 2 rings (SSSR count). The fraction of sp³-hybridized carbons (Fsp3) is 0.333. The highest BCUT2D eigenvalue weighted by molar-refractivity contribution is 8.14. The number of thiocarbonyl (C=S) groups is 1. The predicted molar refractivity (Wildman–Crippen MR) is 83.3 cm³/mol. The molecule has 0 saturated carbocycles. The first-order chi connectivity index (χ1) is 8.58. The molecule has 1 aromatic rings. The number of nitrogens with zero attached hydrogens (tertiary/aromatic N) is 2. The van der Waals surface area contributed by atoms with E-state index in [0.717, 1.165) is 22.5 Å². The lowest BCUT2D eigenvalue weighted by Gasteiger charge is -2.26. The van der Waals surface area contributed by atoms with Gasteiger partial charge in [0.25, 0.3) is 0 Å². The largest absolute Gasteiger partial charge is 0.374 e. The molecule has 0 amide bonds. The van der Waals surface area contributed by atoms with E-state index in [4.69, 9.17) is 29.6 Å². The van der Waals surface area contributed by atoms with Gasteiger partial charge in [-0.15, -0.1) is 0 Å². The van der Waals surface area contributed by atoms with Crippen LogP contribution >= 0.6 is 35.6 Å². The van der Waals surface area contributed by atoms with Crippen molar-refractivity contribution >= 4 is 45.9 Å². The lowest BCUT2D eigenvalue weighted by atomic mass is 10.1. The van der Waals surface area contributed by atoms with Crippen LogP contribution in [0.15, 0.2) is 29.3 Å². The van der Waals surface area contributed by atoms with E-state index in [1.165, 1.54) is 5.56 Å². The van der Waals surface area contributed by atoms with Crippen molar-refractivity contribution in [2.45, 2.75) is 13.0 Å². The zero-order chi connectivity index (χ0) is 13.1. The van der Waals surface area contributed by atoms with E-state index in [2.05, 4.69) is 16.8 Å². The van der Waals surface area contributed by atoms with Crippen LogP contribution in [0.1, 0.15) is 18.5 Å². The zero-order valence-electron chi connectivity index (χ0n) is 9.97. The maximum atomic E-state index is 5.90. The summed E-state index contributed by atoms with van der Waals surface area (Å²) in [7, 11) is 0. The highest BCUT2D eigenvalue weighted by Crippen LogP contribution is 2.29. The van der Waals surface area contributed by atoms with Gasteiger partial charge in [-0.3, -0.25) is 0 Å². The standard InChI is InChI=1S/C12H14ClN3S2/c1-8(9-2-4-10(13)5-3-9)16-6-7-18-12(16)15-11(14)17/h2-5,8H,6-7H2,1H3,(H2,14,17). The van der Waals surface area contributed by atoms with Gasteiger partial charge in [-0.05, 0) is 36.8 Å². The number of amidine groups is 1. The lowest BCUT2D eigenvalue weighted by molar-refractivity contribution is 0.370. The second-order valence-corrected chi connectivity index (χ2v) is 5.92. The molecule has 18 heavy (non-hydrogen) atoms. The molecule has 1 aromatic carbocycles. The Morgan fingerprint density at radius 2 is 2.17 bits per heavy atom. The van der Waals surface area contributed by atoms with E-state index in [-0.39, 0.29) is 11.2 Å². The van der Waals surface area contributed by atoms with Crippen LogP contribution in [0.25, 0.3) is 0 Å².